The zero-order valence-corrected chi connectivity index (χ0v) is 12.1. The van der Waals surface area contributed by atoms with Gasteiger partial charge in [0.15, 0.2) is 8.32 Å². The summed E-state index contributed by atoms with van der Waals surface area (Å²) in [5.41, 5.74) is 0. The molecule has 0 heterocycles. The van der Waals surface area contributed by atoms with E-state index in [0.29, 0.717) is 13.0 Å². The molecule has 0 bridgehead atoms. The van der Waals surface area contributed by atoms with Crippen molar-refractivity contribution < 1.29 is 19.1 Å². The van der Waals surface area contributed by atoms with Gasteiger partial charge in [-0.2, -0.15) is 0 Å². The minimum Gasteiger partial charge on any atom is -0.449 e. The third-order valence-electron chi connectivity index (χ3n) is 2.30. The highest BCUT2D eigenvalue weighted by Gasteiger charge is 2.20. The van der Waals surface area contributed by atoms with Crippen LogP contribution in [-0.2, 0) is 9.16 Å². The second-order valence-electron chi connectivity index (χ2n) is 4.44. The summed E-state index contributed by atoms with van der Waals surface area (Å²) in [4.78, 5) is 11.1. The molecular formula is C11H25NO4Si. The number of amides is 1. The molecule has 0 rings (SSSR count). The van der Waals surface area contributed by atoms with E-state index < -0.39 is 14.4 Å². The van der Waals surface area contributed by atoms with E-state index in [1.807, 2.05) is 6.92 Å². The van der Waals surface area contributed by atoms with Crippen LogP contribution in [-0.4, -0.2) is 45.9 Å². The topological polar surface area (TPSA) is 67.8 Å². The van der Waals surface area contributed by atoms with E-state index in [9.17, 15) is 4.79 Å². The molecule has 0 aromatic rings. The summed E-state index contributed by atoms with van der Waals surface area (Å²) in [6, 6.07) is 1.03. The largest absolute Gasteiger partial charge is 0.449 e. The Bertz CT molecular complexity index is 212. The van der Waals surface area contributed by atoms with Gasteiger partial charge in [-0.3, -0.25) is 0 Å². The number of hydrogen-bond acceptors (Lipinski definition) is 4. The molecule has 0 fully saturated rings. The molecule has 0 aromatic carbocycles. The van der Waals surface area contributed by atoms with Gasteiger partial charge < -0.3 is 19.6 Å². The smallest absolute Gasteiger partial charge is 0.407 e. The summed E-state index contributed by atoms with van der Waals surface area (Å²) in [7, 11) is -1.53. The van der Waals surface area contributed by atoms with Crippen molar-refractivity contribution in [3.05, 3.63) is 0 Å². The van der Waals surface area contributed by atoms with E-state index in [4.69, 9.17) is 14.3 Å². The Labute approximate surface area is 105 Å². The number of hydrogen-bond donors (Lipinski definition) is 2. The van der Waals surface area contributed by atoms with Crippen molar-refractivity contribution in [2.24, 2.45) is 0 Å². The first-order valence-electron chi connectivity index (χ1n) is 6.17. The number of carbonyl (C=O) groups is 1. The molecule has 0 aliphatic rings. The first kappa shape index (κ1) is 16.4. The maximum Gasteiger partial charge on any atom is 0.407 e. The summed E-state index contributed by atoms with van der Waals surface area (Å²) in [5.74, 6) is 0. The molecule has 0 aliphatic heterocycles. The summed E-state index contributed by atoms with van der Waals surface area (Å²) in [5, 5.41) is 11.2. The van der Waals surface area contributed by atoms with Crippen LogP contribution in [0.15, 0.2) is 0 Å². The van der Waals surface area contributed by atoms with Crippen LogP contribution in [0.5, 0.6) is 0 Å². The fourth-order valence-electron chi connectivity index (χ4n) is 1.45. The van der Waals surface area contributed by atoms with Crippen molar-refractivity contribution in [2.75, 3.05) is 26.4 Å². The Kier molecular flexibility index (Phi) is 9.11. The zero-order valence-electron chi connectivity index (χ0n) is 11.1. The van der Waals surface area contributed by atoms with Gasteiger partial charge in [0.2, 0.25) is 0 Å². The average molecular weight is 263 g/mol. The second kappa shape index (κ2) is 9.44. The van der Waals surface area contributed by atoms with Crippen LogP contribution in [0.25, 0.3) is 0 Å². The van der Waals surface area contributed by atoms with Gasteiger partial charge in [-0.05, 0) is 32.5 Å². The highest BCUT2D eigenvalue weighted by molar-refractivity contribution is 6.71. The van der Waals surface area contributed by atoms with Crippen molar-refractivity contribution in [1.82, 2.24) is 5.32 Å². The van der Waals surface area contributed by atoms with Crippen LogP contribution in [0.3, 0.4) is 0 Å². The van der Waals surface area contributed by atoms with Crippen LogP contribution >= 0.6 is 0 Å². The Morgan fingerprint density at radius 2 is 2.06 bits per heavy atom. The molecule has 1 amide bonds. The van der Waals surface area contributed by atoms with E-state index in [1.165, 1.54) is 0 Å². The third kappa shape index (κ3) is 10.3. The van der Waals surface area contributed by atoms with Crippen molar-refractivity contribution in [3.63, 3.8) is 0 Å². The predicted molar refractivity (Wildman–Crippen MR) is 69.6 cm³/mol. The first-order chi connectivity index (χ1) is 8.02. The van der Waals surface area contributed by atoms with E-state index in [0.717, 1.165) is 19.1 Å². The van der Waals surface area contributed by atoms with E-state index in [1.54, 1.807) is 0 Å². The maximum atomic E-state index is 11.1. The molecule has 2 N–H and O–H groups in total. The Balaban J connectivity index is 3.47. The molecule has 0 aliphatic carbocycles. The quantitative estimate of drug-likeness (QED) is 0.491. The highest BCUT2D eigenvalue weighted by atomic mass is 28.4. The molecule has 0 saturated carbocycles. The van der Waals surface area contributed by atoms with Gasteiger partial charge in [-0.25, -0.2) is 4.79 Å². The molecule has 102 valence electrons. The van der Waals surface area contributed by atoms with Crippen molar-refractivity contribution in [3.8, 4) is 0 Å². The molecular weight excluding hydrogens is 238 g/mol. The molecule has 6 heteroatoms. The zero-order chi connectivity index (χ0) is 13.1. The Morgan fingerprint density at radius 1 is 1.35 bits per heavy atom. The predicted octanol–water partition coefficient (Wildman–Crippen LogP) is 1.73. The summed E-state index contributed by atoms with van der Waals surface area (Å²) in [6.45, 7) is 8.04. The Hall–Kier alpha value is -0.593. The maximum absolute atomic E-state index is 11.1. The standard InChI is InChI=1S/C11H25NO4Si/c1-4-16-17(2,3)10-5-7-12-11(14)15-9-6-8-13/h13H,4-10H2,1-3H3,(H,12,14). The molecule has 0 saturated heterocycles. The third-order valence-corrected chi connectivity index (χ3v) is 4.92. The Morgan fingerprint density at radius 3 is 2.65 bits per heavy atom. The minimum absolute atomic E-state index is 0.0431. The van der Waals surface area contributed by atoms with Gasteiger partial charge in [0, 0.05) is 26.2 Å². The fraction of sp³-hybridized carbons (Fsp3) is 0.909. The minimum atomic E-state index is -1.53. The van der Waals surface area contributed by atoms with Crippen LogP contribution in [0.4, 0.5) is 4.79 Å². The molecule has 0 radical (unpaired) electrons. The van der Waals surface area contributed by atoms with Crippen LogP contribution in [0.2, 0.25) is 19.1 Å². The second-order valence-corrected chi connectivity index (χ2v) is 8.74. The van der Waals surface area contributed by atoms with Gasteiger partial charge in [0.25, 0.3) is 0 Å². The number of carbonyl (C=O) groups excluding carboxylic acids is 1. The van der Waals surface area contributed by atoms with Crippen LogP contribution < -0.4 is 5.32 Å². The van der Waals surface area contributed by atoms with Crippen LogP contribution in [0, 0.1) is 0 Å². The number of rotatable bonds is 9. The summed E-state index contributed by atoms with van der Waals surface area (Å²) < 4.78 is 10.5. The van der Waals surface area contributed by atoms with E-state index in [-0.39, 0.29) is 13.2 Å². The number of alkyl carbamates (subject to hydrolysis) is 1. The lowest BCUT2D eigenvalue weighted by molar-refractivity contribution is 0.135. The lowest BCUT2D eigenvalue weighted by Gasteiger charge is -2.21. The van der Waals surface area contributed by atoms with Gasteiger partial charge in [0.05, 0.1) is 6.61 Å². The molecule has 0 unspecified atom stereocenters. The van der Waals surface area contributed by atoms with Gasteiger partial charge in [-0.1, -0.05) is 0 Å². The summed E-state index contributed by atoms with van der Waals surface area (Å²) >= 11 is 0. The highest BCUT2D eigenvalue weighted by Crippen LogP contribution is 2.12. The molecule has 0 aromatic heterocycles. The van der Waals surface area contributed by atoms with E-state index >= 15 is 0 Å². The lowest BCUT2D eigenvalue weighted by Crippen LogP contribution is -2.32. The van der Waals surface area contributed by atoms with Gasteiger partial charge in [0.1, 0.15) is 0 Å². The monoisotopic (exact) mass is 263 g/mol. The summed E-state index contributed by atoms with van der Waals surface area (Å²) in [6.07, 6.45) is 0.987. The molecule has 0 atom stereocenters. The van der Waals surface area contributed by atoms with Crippen molar-refractivity contribution in [1.29, 1.82) is 0 Å². The average Bonchev–Trinajstić information content (AvgIpc) is 2.25. The van der Waals surface area contributed by atoms with Crippen LogP contribution in [0.1, 0.15) is 19.8 Å². The number of aliphatic hydroxyl groups excluding tert-OH is 1. The van der Waals surface area contributed by atoms with Crippen molar-refractivity contribution >= 4 is 14.4 Å². The van der Waals surface area contributed by atoms with Crippen molar-refractivity contribution in [2.45, 2.75) is 38.9 Å². The SMILES string of the molecule is CCO[Si](C)(C)CCCNC(=O)OCCCO. The lowest BCUT2D eigenvalue weighted by atomic mass is 10.5. The molecule has 5 nitrogen and oxygen atoms in total. The molecule has 17 heavy (non-hydrogen) atoms. The first-order valence-corrected chi connectivity index (χ1v) is 9.29. The molecule has 0 spiro atoms. The fourth-order valence-corrected chi connectivity index (χ4v) is 3.40. The van der Waals surface area contributed by atoms with E-state index in [2.05, 4.69) is 18.4 Å². The van der Waals surface area contributed by atoms with Gasteiger partial charge >= 0.3 is 6.09 Å². The number of ether oxygens (including phenoxy) is 1. The van der Waals surface area contributed by atoms with Gasteiger partial charge in [-0.15, -0.1) is 0 Å². The number of nitrogens with one attached hydrogen (secondary N) is 1. The normalized spacial score (nSPS) is 11.3. The number of aliphatic hydroxyl groups is 1.